The molecule has 1 rings (SSSR count). The van der Waals surface area contributed by atoms with Crippen LogP contribution in [0, 0.1) is 18.8 Å². The first-order valence-corrected chi connectivity index (χ1v) is 9.37. The molecule has 0 radical (unpaired) electrons. The van der Waals surface area contributed by atoms with E-state index >= 15 is 0 Å². The number of hydrogen-bond acceptors (Lipinski definition) is 4. The Labute approximate surface area is 127 Å². The van der Waals surface area contributed by atoms with Gasteiger partial charge < -0.3 is 5.32 Å². The molecule has 4 nitrogen and oxygen atoms in total. The highest BCUT2D eigenvalue weighted by atomic mass is 32.2. The lowest BCUT2D eigenvalue weighted by molar-refractivity contribution is 0.415. The Hall–Kier alpha value is -0.430. The summed E-state index contributed by atoms with van der Waals surface area (Å²) >= 11 is 1.35. The van der Waals surface area contributed by atoms with Crippen molar-refractivity contribution in [3.05, 3.63) is 16.5 Å². The minimum atomic E-state index is -3.37. The summed E-state index contributed by atoms with van der Waals surface area (Å²) in [4.78, 5) is 1.09. The Morgan fingerprint density at radius 3 is 2.50 bits per heavy atom. The Morgan fingerprint density at radius 2 is 1.95 bits per heavy atom. The van der Waals surface area contributed by atoms with Gasteiger partial charge in [0.25, 0.3) is 0 Å². The van der Waals surface area contributed by atoms with Gasteiger partial charge in [-0.1, -0.05) is 27.7 Å². The fourth-order valence-corrected chi connectivity index (χ4v) is 4.33. The molecule has 0 saturated heterocycles. The van der Waals surface area contributed by atoms with Gasteiger partial charge in [-0.05, 0) is 36.9 Å². The van der Waals surface area contributed by atoms with Crippen LogP contribution in [-0.2, 0) is 16.6 Å². The summed E-state index contributed by atoms with van der Waals surface area (Å²) in [6, 6.07) is 1.76. The average Bonchev–Trinajstić information content (AvgIpc) is 2.75. The summed E-state index contributed by atoms with van der Waals surface area (Å²) in [5, 5.41) is 3.23. The first-order chi connectivity index (χ1) is 9.27. The van der Waals surface area contributed by atoms with Crippen molar-refractivity contribution >= 4 is 21.4 Å². The van der Waals surface area contributed by atoms with Crippen LogP contribution in [-0.4, -0.2) is 21.5 Å². The zero-order valence-corrected chi connectivity index (χ0v) is 14.6. The molecule has 0 bridgehead atoms. The van der Waals surface area contributed by atoms with Gasteiger partial charge in [0.1, 0.15) is 4.21 Å². The molecule has 0 saturated carbocycles. The van der Waals surface area contributed by atoms with E-state index < -0.39 is 10.0 Å². The summed E-state index contributed by atoms with van der Waals surface area (Å²) in [6.07, 6.45) is 0. The van der Waals surface area contributed by atoms with Crippen LogP contribution in [0.1, 0.15) is 38.1 Å². The minimum absolute atomic E-state index is 0.326. The number of nitrogens with one attached hydrogen (secondary N) is 2. The molecule has 1 atom stereocenters. The lowest BCUT2D eigenvalue weighted by Crippen LogP contribution is -2.29. The lowest BCUT2D eigenvalue weighted by atomic mass is 9.99. The van der Waals surface area contributed by atoms with Crippen LogP contribution in [0.5, 0.6) is 0 Å². The Bertz CT molecular complexity index is 521. The number of hydrogen-bond donors (Lipinski definition) is 2. The normalized spacial score (nSPS) is 13.9. The molecular weight excluding hydrogens is 292 g/mol. The molecule has 0 aromatic carbocycles. The molecule has 0 aliphatic carbocycles. The summed E-state index contributed by atoms with van der Waals surface area (Å²) in [5.74, 6) is 0.791. The van der Waals surface area contributed by atoms with Crippen molar-refractivity contribution in [3.63, 3.8) is 0 Å². The van der Waals surface area contributed by atoms with Crippen molar-refractivity contribution in [2.75, 3.05) is 13.1 Å². The van der Waals surface area contributed by atoms with Gasteiger partial charge in [-0.2, -0.15) is 0 Å². The molecule has 1 aromatic rings. The molecule has 116 valence electrons. The van der Waals surface area contributed by atoms with Crippen LogP contribution >= 0.6 is 11.3 Å². The number of thiophene rings is 1. The average molecular weight is 319 g/mol. The van der Waals surface area contributed by atoms with Crippen molar-refractivity contribution in [3.8, 4) is 0 Å². The van der Waals surface area contributed by atoms with E-state index in [9.17, 15) is 8.42 Å². The predicted octanol–water partition coefficient (Wildman–Crippen LogP) is 2.74. The van der Waals surface area contributed by atoms with E-state index in [1.54, 1.807) is 6.07 Å². The fraction of sp³-hybridized carbons (Fsp3) is 0.714. The molecule has 2 N–H and O–H groups in total. The molecule has 0 amide bonds. The lowest BCUT2D eigenvalue weighted by Gasteiger charge is -2.15. The topological polar surface area (TPSA) is 58.2 Å². The van der Waals surface area contributed by atoms with Gasteiger partial charge >= 0.3 is 0 Å². The molecule has 0 fully saturated rings. The predicted molar refractivity (Wildman–Crippen MR) is 85.6 cm³/mol. The molecule has 1 unspecified atom stereocenters. The smallest absolute Gasteiger partial charge is 0.250 e. The third-order valence-electron chi connectivity index (χ3n) is 3.53. The third kappa shape index (κ3) is 4.84. The highest BCUT2D eigenvalue weighted by Crippen LogP contribution is 2.26. The van der Waals surface area contributed by atoms with E-state index in [0.29, 0.717) is 22.6 Å². The largest absolute Gasteiger partial charge is 0.312 e. The van der Waals surface area contributed by atoms with Crippen LogP contribution in [0.4, 0.5) is 0 Å². The maximum atomic E-state index is 12.3. The van der Waals surface area contributed by atoms with Gasteiger partial charge in [-0.3, -0.25) is 0 Å². The monoisotopic (exact) mass is 318 g/mol. The SMILES string of the molecule is CCNCc1sc(S(=O)(=O)NCC(C)C(C)C)cc1C. The molecule has 0 aliphatic rings. The fourth-order valence-electron chi connectivity index (χ4n) is 1.58. The van der Waals surface area contributed by atoms with Crippen LogP contribution in [0.15, 0.2) is 10.3 Å². The second kappa shape index (κ2) is 7.54. The molecule has 1 heterocycles. The quantitative estimate of drug-likeness (QED) is 0.775. The molecular formula is C14H26N2O2S2. The van der Waals surface area contributed by atoms with Gasteiger partial charge in [0.05, 0.1) is 0 Å². The Kier molecular flexibility index (Phi) is 6.64. The number of sulfonamides is 1. The summed E-state index contributed by atoms with van der Waals surface area (Å²) in [7, 11) is -3.37. The van der Waals surface area contributed by atoms with E-state index in [4.69, 9.17) is 0 Å². The van der Waals surface area contributed by atoms with Gasteiger partial charge in [-0.15, -0.1) is 11.3 Å². The molecule has 0 aliphatic heterocycles. The van der Waals surface area contributed by atoms with Gasteiger partial charge in [0.2, 0.25) is 10.0 Å². The maximum absolute atomic E-state index is 12.3. The second-order valence-electron chi connectivity index (χ2n) is 5.53. The first-order valence-electron chi connectivity index (χ1n) is 7.07. The molecule has 1 aromatic heterocycles. The van der Waals surface area contributed by atoms with Crippen molar-refractivity contribution in [2.24, 2.45) is 11.8 Å². The Morgan fingerprint density at radius 1 is 1.30 bits per heavy atom. The first kappa shape index (κ1) is 17.6. The van der Waals surface area contributed by atoms with E-state index in [1.165, 1.54) is 11.3 Å². The van der Waals surface area contributed by atoms with Crippen LogP contribution in [0.3, 0.4) is 0 Å². The number of rotatable bonds is 8. The zero-order chi connectivity index (χ0) is 15.3. The van der Waals surface area contributed by atoms with Crippen molar-refractivity contribution in [1.82, 2.24) is 10.0 Å². The van der Waals surface area contributed by atoms with Crippen molar-refractivity contribution in [2.45, 2.75) is 45.4 Å². The van der Waals surface area contributed by atoms with Crippen LogP contribution < -0.4 is 10.0 Å². The van der Waals surface area contributed by atoms with Gasteiger partial charge in [0, 0.05) is 18.0 Å². The summed E-state index contributed by atoms with van der Waals surface area (Å²) in [5.41, 5.74) is 1.04. The van der Waals surface area contributed by atoms with Crippen LogP contribution in [0.2, 0.25) is 0 Å². The van der Waals surface area contributed by atoms with Crippen molar-refractivity contribution in [1.29, 1.82) is 0 Å². The summed E-state index contributed by atoms with van der Waals surface area (Å²) in [6.45, 7) is 12.3. The highest BCUT2D eigenvalue weighted by molar-refractivity contribution is 7.91. The Balaban J connectivity index is 2.77. The van der Waals surface area contributed by atoms with E-state index in [1.807, 2.05) is 13.8 Å². The zero-order valence-electron chi connectivity index (χ0n) is 13.0. The van der Waals surface area contributed by atoms with E-state index in [-0.39, 0.29) is 0 Å². The van der Waals surface area contributed by atoms with Crippen molar-refractivity contribution < 1.29 is 8.42 Å². The molecule has 0 spiro atoms. The minimum Gasteiger partial charge on any atom is -0.312 e. The molecule has 20 heavy (non-hydrogen) atoms. The third-order valence-corrected chi connectivity index (χ3v) is 6.67. The molecule has 6 heteroatoms. The van der Waals surface area contributed by atoms with E-state index in [0.717, 1.165) is 23.5 Å². The van der Waals surface area contributed by atoms with E-state index in [2.05, 4.69) is 30.8 Å². The standard InChI is InChI=1S/C14H26N2O2S2/c1-6-15-9-13-11(4)7-14(19-13)20(17,18)16-8-12(5)10(2)3/h7,10,12,15-16H,6,8-9H2,1-5H3. The maximum Gasteiger partial charge on any atom is 0.250 e. The number of aryl methyl sites for hydroxylation is 1. The van der Waals surface area contributed by atoms with Gasteiger partial charge in [-0.25, -0.2) is 13.1 Å². The van der Waals surface area contributed by atoms with Crippen LogP contribution in [0.25, 0.3) is 0 Å². The summed E-state index contributed by atoms with van der Waals surface area (Å²) < 4.78 is 27.7. The van der Waals surface area contributed by atoms with Gasteiger partial charge in [0.15, 0.2) is 0 Å². The second-order valence-corrected chi connectivity index (χ2v) is 8.66. The highest BCUT2D eigenvalue weighted by Gasteiger charge is 2.20.